The van der Waals surface area contributed by atoms with Gasteiger partial charge in [-0.2, -0.15) is 0 Å². The summed E-state index contributed by atoms with van der Waals surface area (Å²) in [7, 11) is 3.40. The fourth-order valence-corrected chi connectivity index (χ4v) is 2.13. The summed E-state index contributed by atoms with van der Waals surface area (Å²) < 4.78 is 35.1. The lowest BCUT2D eigenvalue weighted by Gasteiger charge is -2.14. The van der Waals surface area contributed by atoms with Gasteiger partial charge in [0.1, 0.15) is 0 Å². The molecule has 170 valence electrons. The van der Waals surface area contributed by atoms with Crippen molar-refractivity contribution < 1.29 is 18.3 Å². The van der Waals surface area contributed by atoms with Gasteiger partial charge in [-0.05, 0) is 73.1 Å². The first-order valence-corrected chi connectivity index (χ1v) is 11.0. The number of ether oxygens (including phenoxy) is 2. The van der Waals surface area contributed by atoms with Gasteiger partial charge < -0.3 is 9.47 Å². The van der Waals surface area contributed by atoms with E-state index in [2.05, 4.69) is 23.7 Å². The fraction of sp³-hybridized carbons (Fsp3) is 0.840. The maximum absolute atomic E-state index is 13.1. The summed E-state index contributed by atoms with van der Waals surface area (Å²) in [6.45, 7) is 9.57. The molecule has 2 rings (SSSR count). The standard InChI is InChI=1S/C9H13F.C8H11F.2C4H10O/c1-9(10)7-5-3-2-4-6-8-9;9-8-6-4-2-1-3-5-7-8;2*1-4(2)5-3/h2-5,7H2,1H3;8H,1-4,6H2;2*4H,1-3H3. The van der Waals surface area contributed by atoms with Crippen LogP contribution in [0.15, 0.2) is 0 Å². The number of hydrogen-bond donors (Lipinski definition) is 0. The largest absolute Gasteiger partial charge is 0.382 e. The maximum Gasteiger partial charge on any atom is 0.168 e. The van der Waals surface area contributed by atoms with Crippen LogP contribution >= 0.6 is 0 Å². The molecular formula is C25H44F2O2. The second-order valence-corrected chi connectivity index (χ2v) is 8.02. The van der Waals surface area contributed by atoms with Crippen molar-refractivity contribution in [1.29, 1.82) is 0 Å². The van der Waals surface area contributed by atoms with Crippen LogP contribution in [0.25, 0.3) is 0 Å². The maximum atomic E-state index is 13.1. The molecule has 2 nitrogen and oxygen atoms in total. The normalized spacial score (nSPS) is 23.3. The van der Waals surface area contributed by atoms with E-state index in [1.54, 1.807) is 21.1 Å². The molecule has 0 heterocycles. The van der Waals surface area contributed by atoms with Gasteiger partial charge in [0, 0.05) is 27.1 Å². The van der Waals surface area contributed by atoms with Crippen LogP contribution in [0.3, 0.4) is 0 Å². The van der Waals surface area contributed by atoms with Crippen molar-refractivity contribution in [2.75, 3.05) is 14.2 Å². The number of rotatable bonds is 2. The second-order valence-electron chi connectivity index (χ2n) is 8.02. The van der Waals surface area contributed by atoms with Crippen LogP contribution in [0.5, 0.6) is 0 Å². The van der Waals surface area contributed by atoms with E-state index in [1.807, 2.05) is 27.7 Å². The summed E-state index contributed by atoms with van der Waals surface area (Å²) in [6, 6.07) is 0. The molecule has 2 unspecified atom stereocenters. The van der Waals surface area contributed by atoms with Crippen LogP contribution in [0.1, 0.15) is 98.8 Å². The van der Waals surface area contributed by atoms with Gasteiger partial charge in [-0.15, -0.1) is 5.92 Å². The monoisotopic (exact) mass is 414 g/mol. The average molecular weight is 415 g/mol. The predicted octanol–water partition coefficient (Wildman–Crippen LogP) is 7.06. The zero-order chi connectivity index (χ0) is 22.5. The average Bonchev–Trinajstić information content (AvgIpc) is 2.63. The highest BCUT2D eigenvalue weighted by molar-refractivity contribution is 5.12. The van der Waals surface area contributed by atoms with E-state index in [4.69, 9.17) is 9.47 Å². The van der Waals surface area contributed by atoms with Gasteiger partial charge in [0.05, 0.1) is 12.2 Å². The molecule has 0 spiro atoms. The Bertz CT molecular complexity index is 471. The molecule has 2 aliphatic rings. The van der Waals surface area contributed by atoms with Gasteiger partial charge >= 0.3 is 0 Å². The second kappa shape index (κ2) is 20.2. The third-order valence-electron chi connectivity index (χ3n) is 4.26. The zero-order valence-corrected chi connectivity index (χ0v) is 19.9. The van der Waals surface area contributed by atoms with Crippen LogP contribution < -0.4 is 0 Å². The molecule has 0 saturated carbocycles. The fourth-order valence-electron chi connectivity index (χ4n) is 2.13. The molecule has 0 saturated heterocycles. The molecule has 2 aliphatic carbocycles. The molecule has 0 aliphatic heterocycles. The molecule has 0 radical (unpaired) electrons. The highest BCUT2D eigenvalue weighted by atomic mass is 19.1. The first kappa shape index (κ1) is 30.1. The van der Waals surface area contributed by atoms with Crippen molar-refractivity contribution in [3.63, 3.8) is 0 Å². The molecule has 2 atom stereocenters. The Morgan fingerprint density at radius 2 is 1.31 bits per heavy atom. The summed E-state index contributed by atoms with van der Waals surface area (Å²) in [6.07, 6.45) is 9.52. The Hall–Kier alpha value is -1.10. The summed E-state index contributed by atoms with van der Waals surface area (Å²) in [4.78, 5) is 0. The molecule has 0 bridgehead atoms. The Morgan fingerprint density at radius 1 is 0.828 bits per heavy atom. The third kappa shape index (κ3) is 26.9. The van der Waals surface area contributed by atoms with Crippen LogP contribution in [0.2, 0.25) is 0 Å². The Balaban J connectivity index is 0. The van der Waals surface area contributed by atoms with Gasteiger partial charge in [-0.3, -0.25) is 0 Å². The SMILES string of the molecule is CC1(F)C#CCCCCC1.COC(C)C.COC(C)C.FC1C#CCCCCC1. The van der Waals surface area contributed by atoms with E-state index in [1.165, 1.54) is 0 Å². The molecule has 29 heavy (non-hydrogen) atoms. The molecule has 0 amide bonds. The molecule has 0 N–H and O–H groups in total. The summed E-state index contributed by atoms with van der Waals surface area (Å²) >= 11 is 0. The smallest absolute Gasteiger partial charge is 0.168 e. The Labute approximate surface area is 179 Å². The van der Waals surface area contributed by atoms with Gasteiger partial charge in [0.2, 0.25) is 0 Å². The van der Waals surface area contributed by atoms with E-state index in [-0.39, 0.29) is 0 Å². The van der Waals surface area contributed by atoms with Crippen LogP contribution in [-0.4, -0.2) is 38.3 Å². The van der Waals surface area contributed by atoms with Gasteiger partial charge in [0.25, 0.3) is 0 Å². The summed E-state index contributed by atoms with van der Waals surface area (Å²) in [5.74, 6) is 10.9. The third-order valence-corrected chi connectivity index (χ3v) is 4.26. The Kier molecular flexibility index (Phi) is 20.9. The summed E-state index contributed by atoms with van der Waals surface area (Å²) in [5, 5.41) is 0. The van der Waals surface area contributed by atoms with Crippen molar-refractivity contribution in [3.05, 3.63) is 0 Å². The number of hydrogen-bond acceptors (Lipinski definition) is 2. The van der Waals surface area contributed by atoms with Gasteiger partial charge in [-0.25, -0.2) is 8.78 Å². The minimum Gasteiger partial charge on any atom is -0.382 e. The van der Waals surface area contributed by atoms with Gasteiger partial charge in [0.15, 0.2) is 11.8 Å². The molecule has 0 aromatic heterocycles. The van der Waals surface area contributed by atoms with E-state index in [0.717, 1.165) is 51.4 Å². The molecule has 0 fully saturated rings. The first-order chi connectivity index (χ1) is 13.6. The topological polar surface area (TPSA) is 18.5 Å². The van der Waals surface area contributed by atoms with Crippen molar-refractivity contribution in [2.24, 2.45) is 0 Å². The van der Waals surface area contributed by atoms with E-state index < -0.39 is 11.8 Å². The van der Waals surface area contributed by atoms with Crippen molar-refractivity contribution in [1.82, 2.24) is 0 Å². The van der Waals surface area contributed by atoms with Crippen molar-refractivity contribution in [3.8, 4) is 23.7 Å². The highest BCUT2D eigenvalue weighted by Gasteiger charge is 2.19. The number of alkyl halides is 2. The predicted molar refractivity (Wildman–Crippen MR) is 120 cm³/mol. The molecule has 0 aromatic rings. The number of methoxy groups -OCH3 is 2. The van der Waals surface area contributed by atoms with Crippen molar-refractivity contribution >= 4 is 0 Å². The van der Waals surface area contributed by atoms with Crippen LogP contribution in [-0.2, 0) is 9.47 Å². The minimum atomic E-state index is -1.21. The Morgan fingerprint density at radius 3 is 1.83 bits per heavy atom. The molecule has 0 aromatic carbocycles. The minimum absolute atomic E-state index is 0.384. The molecular weight excluding hydrogens is 370 g/mol. The van der Waals surface area contributed by atoms with E-state index in [0.29, 0.717) is 25.0 Å². The lowest BCUT2D eigenvalue weighted by atomic mass is 9.98. The van der Waals surface area contributed by atoms with Crippen molar-refractivity contribution in [2.45, 2.75) is 123 Å². The van der Waals surface area contributed by atoms with E-state index >= 15 is 0 Å². The first-order valence-electron chi connectivity index (χ1n) is 11.0. The molecule has 4 heteroatoms. The summed E-state index contributed by atoms with van der Waals surface area (Å²) in [5.41, 5.74) is -1.21. The lowest BCUT2D eigenvalue weighted by molar-refractivity contribution is 0.134. The van der Waals surface area contributed by atoms with E-state index in [9.17, 15) is 8.78 Å². The highest BCUT2D eigenvalue weighted by Crippen LogP contribution is 2.20. The quantitative estimate of drug-likeness (QED) is 0.450. The van der Waals surface area contributed by atoms with Crippen LogP contribution in [0.4, 0.5) is 8.78 Å². The number of halogens is 2. The van der Waals surface area contributed by atoms with Gasteiger partial charge in [-0.1, -0.05) is 30.6 Å². The lowest BCUT2D eigenvalue weighted by Crippen LogP contribution is -2.15. The van der Waals surface area contributed by atoms with Crippen LogP contribution in [0, 0.1) is 23.7 Å². The zero-order valence-electron chi connectivity index (χ0n) is 19.9.